The van der Waals surface area contributed by atoms with E-state index < -0.39 is 0 Å². The van der Waals surface area contributed by atoms with Crippen LogP contribution >= 0.6 is 0 Å². The van der Waals surface area contributed by atoms with Crippen molar-refractivity contribution < 1.29 is 0 Å². The number of benzene rings is 8. The first-order valence-electron chi connectivity index (χ1n) is 17.5. The minimum absolute atomic E-state index is 0.658. The maximum Gasteiger partial charge on any atom is 0.235 e. The Morgan fingerprint density at radius 2 is 0.981 bits per heavy atom. The Labute approximate surface area is 298 Å². The Bertz CT molecular complexity index is 3160. The maximum absolute atomic E-state index is 5.29. The Balaban J connectivity index is 1.20. The van der Waals surface area contributed by atoms with Gasteiger partial charge in [0.05, 0.1) is 33.3 Å². The van der Waals surface area contributed by atoms with Gasteiger partial charge in [-0.1, -0.05) is 127 Å². The second kappa shape index (κ2) is 11.2. The number of aromatic nitrogens is 5. The van der Waals surface area contributed by atoms with Crippen molar-refractivity contribution in [2.75, 3.05) is 0 Å². The predicted octanol–water partition coefficient (Wildman–Crippen LogP) is 11.7. The number of hydrogen-bond acceptors (Lipinski definition) is 3. The molecule has 52 heavy (non-hydrogen) atoms. The Kier molecular flexibility index (Phi) is 6.18. The summed E-state index contributed by atoms with van der Waals surface area (Å²) in [5, 5.41) is 8.06. The van der Waals surface area contributed by atoms with Crippen LogP contribution < -0.4 is 0 Å². The van der Waals surface area contributed by atoms with E-state index >= 15 is 0 Å². The normalized spacial score (nSPS) is 11.8. The molecular weight excluding hydrogens is 635 g/mol. The summed E-state index contributed by atoms with van der Waals surface area (Å²) in [5.74, 6) is 1.59. The Hall–Kier alpha value is -7.11. The fraction of sp³-hybridized carbons (Fsp3) is 0. The summed E-state index contributed by atoms with van der Waals surface area (Å²) in [7, 11) is 0. The van der Waals surface area contributed by atoms with Gasteiger partial charge in [0.25, 0.3) is 0 Å². The molecule has 242 valence electrons. The minimum Gasteiger partial charge on any atom is -0.292 e. The number of hydrogen-bond donors (Lipinski definition) is 0. The third-order valence-corrected chi connectivity index (χ3v) is 10.3. The Morgan fingerprint density at radius 1 is 0.346 bits per heavy atom. The van der Waals surface area contributed by atoms with Crippen LogP contribution in [0.15, 0.2) is 176 Å². The standard InChI is InChI=1S/C47H29N5/c1-4-14-30(15-5-1)45-36-21-10-12-22-40(36)49-47(50-45)52-42-23-13-11-20-35(42)39-28-37-33(27-43(39)52)25-24-32-26-41-44(29-38(32)37)51(34-18-8-3-9-19-34)46(48-41)31-16-6-2-7-17-31/h1-29H. The van der Waals surface area contributed by atoms with E-state index in [2.05, 4.69) is 167 Å². The van der Waals surface area contributed by atoms with Crippen LogP contribution in [0.5, 0.6) is 0 Å². The molecule has 0 spiro atoms. The zero-order chi connectivity index (χ0) is 34.2. The fourth-order valence-electron chi connectivity index (χ4n) is 7.91. The lowest BCUT2D eigenvalue weighted by Gasteiger charge is -2.12. The highest BCUT2D eigenvalue weighted by Gasteiger charge is 2.20. The highest BCUT2D eigenvalue weighted by Crippen LogP contribution is 2.39. The first kappa shape index (κ1) is 28.7. The minimum atomic E-state index is 0.658. The van der Waals surface area contributed by atoms with Crippen LogP contribution in [0.1, 0.15) is 0 Å². The summed E-state index contributed by atoms with van der Waals surface area (Å²) in [4.78, 5) is 15.7. The van der Waals surface area contributed by atoms with E-state index in [1.807, 2.05) is 18.2 Å². The second-order valence-corrected chi connectivity index (χ2v) is 13.3. The van der Waals surface area contributed by atoms with E-state index in [4.69, 9.17) is 15.0 Å². The second-order valence-electron chi connectivity index (χ2n) is 13.3. The molecule has 3 heterocycles. The highest BCUT2D eigenvalue weighted by atomic mass is 15.2. The molecule has 5 nitrogen and oxygen atoms in total. The van der Waals surface area contributed by atoms with Crippen molar-refractivity contribution in [1.82, 2.24) is 24.1 Å². The monoisotopic (exact) mass is 663 g/mol. The largest absolute Gasteiger partial charge is 0.292 e. The SMILES string of the molecule is c1ccc(-c2nc(-n3c4ccccc4c4cc5c(ccc6cc7nc(-c8ccccc8)n(-c8ccccc8)c7cc65)cc43)nc3ccccc23)cc1. The van der Waals surface area contributed by atoms with E-state index in [9.17, 15) is 0 Å². The van der Waals surface area contributed by atoms with Gasteiger partial charge in [-0.3, -0.25) is 9.13 Å². The topological polar surface area (TPSA) is 48.5 Å². The molecule has 0 amide bonds. The predicted molar refractivity (Wildman–Crippen MR) is 214 cm³/mol. The summed E-state index contributed by atoms with van der Waals surface area (Å²) >= 11 is 0. The van der Waals surface area contributed by atoms with Crippen LogP contribution in [0.4, 0.5) is 0 Å². The number of rotatable bonds is 4. The molecule has 11 rings (SSSR count). The van der Waals surface area contributed by atoms with Gasteiger partial charge >= 0.3 is 0 Å². The van der Waals surface area contributed by atoms with Crippen LogP contribution in [0, 0.1) is 0 Å². The van der Waals surface area contributed by atoms with Crippen LogP contribution in [0.3, 0.4) is 0 Å². The zero-order valence-electron chi connectivity index (χ0n) is 28.0. The lowest BCUT2D eigenvalue weighted by atomic mass is 9.99. The van der Waals surface area contributed by atoms with Gasteiger partial charge in [0.2, 0.25) is 5.95 Å². The molecular formula is C47H29N5. The Morgan fingerprint density at radius 3 is 1.77 bits per heavy atom. The van der Waals surface area contributed by atoms with Gasteiger partial charge in [0, 0.05) is 33.0 Å². The lowest BCUT2D eigenvalue weighted by Crippen LogP contribution is -2.03. The molecule has 5 heteroatoms. The van der Waals surface area contributed by atoms with E-state index in [1.165, 1.54) is 10.8 Å². The van der Waals surface area contributed by atoms with E-state index in [0.717, 1.165) is 82.8 Å². The summed E-state index contributed by atoms with van der Waals surface area (Å²) in [6.07, 6.45) is 0. The molecule has 0 saturated heterocycles. The van der Waals surface area contributed by atoms with Crippen molar-refractivity contribution in [2.45, 2.75) is 0 Å². The van der Waals surface area contributed by atoms with Crippen molar-refractivity contribution in [1.29, 1.82) is 0 Å². The van der Waals surface area contributed by atoms with Gasteiger partial charge in [0.15, 0.2) is 0 Å². The van der Waals surface area contributed by atoms with E-state index in [0.29, 0.717) is 5.95 Å². The molecule has 0 saturated carbocycles. The maximum atomic E-state index is 5.29. The van der Waals surface area contributed by atoms with E-state index in [-0.39, 0.29) is 0 Å². The molecule has 0 radical (unpaired) electrons. The zero-order valence-corrected chi connectivity index (χ0v) is 28.0. The van der Waals surface area contributed by atoms with Gasteiger partial charge in [-0.25, -0.2) is 15.0 Å². The van der Waals surface area contributed by atoms with Gasteiger partial charge in [-0.15, -0.1) is 0 Å². The summed E-state index contributed by atoms with van der Waals surface area (Å²) in [6, 6.07) is 61.9. The van der Waals surface area contributed by atoms with Crippen LogP contribution in [0.25, 0.3) is 99.6 Å². The number of imidazole rings is 1. The van der Waals surface area contributed by atoms with Crippen LogP contribution in [0.2, 0.25) is 0 Å². The molecule has 0 aliphatic heterocycles. The third kappa shape index (κ3) is 4.33. The molecule has 3 aromatic heterocycles. The number of nitrogens with zero attached hydrogens (tertiary/aromatic N) is 5. The van der Waals surface area contributed by atoms with Crippen molar-refractivity contribution >= 4 is 65.3 Å². The average molecular weight is 664 g/mol. The van der Waals surface area contributed by atoms with Gasteiger partial charge in [0.1, 0.15) is 5.82 Å². The summed E-state index contributed by atoms with van der Waals surface area (Å²) < 4.78 is 4.52. The first-order valence-corrected chi connectivity index (χ1v) is 17.5. The fourth-order valence-corrected chi connectivity index (χ4v) is 7.91. The summed E-state index contributed by atoms with van der Waals surface area (Å²) in [5.41, 5.74) is 9.26. The molecule has 0 aliphatic rings. The van der Waals surface area contributed by atoms with E-state index in [1.54, 1.807) is 0 Å². The van der Waals surface area contributed by atoms with Crippen molar-refractivity contribution in [3.63, 3.8) is 0 Å². The average Bonchev–Trinajstić information content (AvgIpc) is 3.75. The molecule has 8 aromatic carbocycles. The summed E-state index contributed by atoms with van der Waals surface area (Å²) in [6.45, 7) is 0. The van der Waals surface area contributed by atoms with Crippen molar-refractivity contribution in [3.05, 3.63) is 176 Å². The molecule has 0 unspecified atom stereocenters. The van der Waals surface area contributed by atoms with Gasteiger partial charge in [-0.05, 0) is 70.1 Å². The van der Waals surface area contributed by atoms with Crippen LogP contribution in [-0.2, 0) is 0 Å². The molecule has 0 bridgehead atoms. The molecule has 0 fully saturated rings. The first-order chi connectivity index (χ1) is 25.8. The smallest absolute Gasteiger partial charge is 0.235 e. The van der Waals surface area contributed by atoms with Crippen molar-refractivity contribution in [3.8, 4) is 34.3 Å². The quantitative estimate of drug-likeness (QED) is 0.176. The van der Waals surface area contributed by atoms with Crippen LogP contribution in [-0.4, -0.2) is 24.1 Å². The molecule has 0 aliphatic carbocycles. The molecule has 0 N–H and O–H groups in total. The highest BCUT2D eigenvalue weighted by molar-refractivity contribution is 6.19. The third-order valence-electron chi connectivity index (χ3n) is 10.3. The van der Waals surface area contributed by atoms with Gasteiger partial charge < -0.3 is 0 Å². The number of para-hydroxylation sites is 3. The molecule has 11 aromatic rings. The molecule has 0 atom stereocenters. The van der Waals surface area contributed by atoms with Gasteiger partial charge in [-0.2, -0.15) is 0 Å². The lowest BCUT2D eigenvalue weighted by molar-refractivity contribution is 1.01. The number of fused-ring (bicyclic) bond motifs is 8. The van der Waals surface area contributed by atoms with Crippen molar-refractivity contribution in [2.24, 2.45) is 0 Å².